The SMILES string of the molecule is [2H]C1([2H])CC(c2cn3ncnc3cc2F)CC([2H])([2H])N1S(=O)(=O)c1cnn(C)c1C(F)F. The Bertz CT molecular complexity index is 1280. The highest BCUT2D eigenvalue weighted by Gasteiger charge is 2.35. The average molecular weight is 418 g/mol. The number of hydrogen-bond acceptors (Lipinski definition) is 5. The van der Waals surface area contributed by atoms with E-state index in [2.05, 4.69) is 15.2 Å². The van der Waals surface area contributed by atoms with Crippen LogP contribution in [0.25, 0.3) is 5.65 Å². The van der Waals surface area contributed by atoms with Crippen molar-refractivity contribution < 1.29 is 27.1 Å². The lowest BCUT2D eigenvalue weighted by molar-refractivity contribution is 0.137. The van der Waals surface area contributed by atoms with Gasteiger partial charge in [-0.25, -0.2) is 31.1 Å². The van der Waals surface area contributed by atoms with Gasteiger partial charge in [-0.3, -0.25) is 4.68 Å². The Morgan fingerprint density at radius 3 is 2.68 bits per heavy atom. The zero-order valence-electron chi connectivity index (χ0n) is 18.4. The number of piperidine rings is 1. The summed E-state index contributed by atoms with van der Waals surface area (Å²) in [7, 11) is -3.98. The van der Waals surface area contributed by atoms with Crippen molar-refractivity contribution in [2.45, 2.75) is 30.1 Å². The second-order valence-corrected chi connectivity index (χ2v) is 7.90. The highest BCUT2D eigenvalue weighted by molar-refractivity contribution is 7.89. The minimum absolute atomic E-state index is 0.0572. The zero-order chi connectivity index (χ0) is 23.6. The van der Waals surface area contributed by atoms with Gasteiger partial charge in [0.25, 0.3) is 6.43 Å². The van der Waals surface area contributed by atoms with E-state index in [1.165, 1.54) is 17.0 Å². The molecule has 3 aromatic heterocycles. The van der Waals surface area contributed by atoms with E-state index in [4.69, 9.17) is 5.48 Å². The lowest BCUT2D eigenvalue weighted by Gasteiger charge is -2.31. The van der Waals surface area contributed by atoms with E-state index in [1.807, 2.05) is 0 Å². The first-order chi connectivity index (χ1) is 14.8. The molecule has 0 unspecified atom stereocenters. The predicted molar refractivity (Wildman–Crippen MR) is 91.8 cm³/mol. The van der Waals surface area contributed by atoms with Crippen molar-refractivity contribution in [3.63, 3.8) is 0 Å². The molecule has 12 heteroatoms. The molecule has 1 aliphatic rings. The Balaban J connectivity index is 1.78. The minimum Gasteiger partial charge on any atom is -0.265 e. The smallest absolute Gasteiger partial charge is 0.265 e. The third-order valence-corrected chi connectivity index (χ3v) is 6.08. The quantitative estimate of drug-likeness (QED) is 0.648. The van der Waals surface area contributed by atoms with Crippen molar-refractivity contribution >= 4 is 15.7 Å². The number of alkyl halides is 2. The average Bonchev–Trinajstić information content (AvgIpc) is 3.24. The van der Waals surface area contributed by atoms with Crippen LogP contribution >= 0.6 is 0 Å². The topological polar surface area (TPSA) is 85.4 Å². The summed E-state index contributed by atoms with van der Waals surface area (Å²) in [5, 5.41) is 7.39. The highest BCUT2D eigenvalue weighted by atomic mass is 32.2. The van der Waals surface area contributed by atoms with Gasteiger partial charge in [-0.2, -0.15) is 14.5 Å². The number of rotatable bonds is 4. The van der Waals surface area contributed by atoms with Gasteiger partial charge < -0.3 is 0 Å². The third-order valence-electron chi connectivity index (χ3n) is 4.47. The molecule has 4 heterocycles. The van der Waals surface area contributed by atoms with Crippen molar-refractivity contribution in [2.75, 3.05) is 13.0 Å². The number of halogens is 3. The van der Waals surface area contributed by atoms with Crippen LogP contribution in [0.5, 0.6) is 0 Å². The van der Waals surface area contributed by atoms with Gasteiger partial charge in [0.1, 0.15) is 22.7 Å². The van der Waals surface area contributed by atoms with Gasteiger partial charge in [-0.05, 0) is 18.8 Å². The van der Waals surface area contributed by atoms with E-state index in [0.717, 1.165) is 13.1 Å². The van der Waals surface area contributed by atoms with Gasteiger partial charge in [0.15, 0.2) is 5.65 Å². The van der Waals surface area contributed by atoms with Crippen LogP contribution in [-0.4, -0.2) is 50.1 Å². The molecule has 0 atom stereocenters. The molecule has 28 heavy (non-hydrogen) atoms. The molecule has 1 fully saturated rings. The lowest BCUT2D eigenvalue weighted by Crippen LogP contribution is -2.38. The van der Waals surface area contributed by atoms with E-state index in [0.29, 0.717) is 10.9 Å². The standard InChI is InChI=1S/C16H17F3N6O2S/c1-23-15(16(18)19)13(7-21-23)28(26,27)24-4-2-10(3-5-24)11-8-25-14(6-12(11)17)20-9-22-25/h6-10,16H,2-5H2,1H3/i4D2,5D2. The number of fused-ring (bicyclic) bond motifs is 1. The van der Waals surface area contributed by atoms with E-state index in [9.17, 15) is 21.6 Å². The lowest BCUT2D eigenvalue weighted by atomic mass is 9.91. The molecule has 0 aromatic carbocycles. The summed E-state index contributed by atoms with van der Waals surface area (Å²) in [5.74, 6) is -1.84. The summed E-state index contributed by atoms with van der Waals surface area (Å²) < 4.78 is 103. The van der Waals surface area contributed by atoms with Gasteiger partial charge in [-0.1, -0.05) is 0 Å². The molecule has 3 aromatic rings. The molecular weight excluding hydrogens is 397 g/mol. The van der Waals surface area contributed by atoms with E-state index < -0.39 is 64.6 Å². The fourth-order valence-electron chi connectivity index (χ4n) is 3.03. The van der Waals surface area contributed by atoms with Crippen LogP contribution in [0.1, 0.15) is 41.9 Å². The molecule has 0 amide bonds. The molecule has 0 radical (unpaired) electrons. The summed E-state index contributed by atoms with van der Waals surface area (Å²) in [6, 6.07) is 1.06. The van der Waals surface area contributed by atoms with Crippen molar-refractivity contribution in [3.8, 4) is 0 Å². The monoisotopic (exact) mass is 418 g/mol. The maximum Gasteiger partial charge on any atom is 0.281 e. The van der Waals surface area contributed by atoms with Crippen LogP contribution < -0.4 is 0 Å². The van der Waals surface area contributed by atoms with Crippen LogP contribution in [0.15, 0.2) is 29.7 Å². The largest absolute Gasteiger partial charge is 0.281 e. The van der Waals surface area contributed by atoms with E-state index in [1.54, 1.807) is 0 Å². The number of hydrogen-bond donors (Lipinski definition) is 0. The maximum absolute atomic E-state index is 14.7. The van der Waals surface area contributed by atoms with Crippen LogP contribution in [0, 0.1) is 5.82 Å². The summed E-state index contributed by atoms with van der Waals surface area (Å²) in [6.45, 7) is -5.74. The van der Waals surface area contributed by atoms with Crippen LogP contribution in [-0.2, 0) is 17.1 Å². The van der Waals surface area contributed by atoms with E-state index in [-0.39, 0.29) is 15.5 Å². The number of aromatic nitrogens is 5. The molecule has 150 valence electrons. The predicted octanol–water partition coefficient (Wildman–Crippen LogP) is 2.11. The summed E-state index contributed by atoms with van der Waals surface area (Å²) in [6.07, 6.45) is -1.42. The molecule has 1 saturated heterocycles. The fraction of sp³-hybridized carbons (Fsp3) is 0.438. The van der Waals surface area contributed by atoms with Gasteiger partial charge in [0.05, 0.1) is 6.20 Å². The minimum atomic E-state index is -5.07. The van der Waals surface area contributed by atoms with Crippen molar-refractivity contribution in [3.05, 3.63) is 41.9 Å². The summed E-state index contributed by atoms with van der Waals surface area (Å²) >= 11 is 0. The van der Waals surface area contributed by atoms with Crippen molar-refractivity contribution in [1.82, 2.24) is 28.7 Å². The Hall–Kier alpha value is -2.47. The molecule has 1 aliphatic heterocycles. The Morgan fingerprint density at radius 1 is 1.29 bits per heavy atom. The number of sulfonamides is 1. The second kappa shape index (κ2) is 6.85. The third kappa shape index (κ3) is 3.05. The molecular formula is C16H17F3N6O2S. The first-order valence-corrected chi connectivity index (χ1v) is 9.54. The highest BCUT2D eigenvalue weighted by Crippen LogP contribution is 2.34. The molecule has 4 rings (SSSR count). The molecule has 0 spiro atoms. The number of aryl methyl sites for hydroxylation is 1. The number of nitrogens with zero attached hydrogens (tertiary/aromatic N) is 6. The molecule has 0 N–H and O–H groups in total. The van der Waals surface area contributed by atoms with Crippen LogP contribution in [0.2, 0.25) is 0 Å². The maximum atomic E-state index is 14.7. The first kappa shape index (κ1) is 14.5. The number of pyridine rings is 1. The summed E-state index contributed by atoms with van der Waals surface area (Å²) in [5.41, 5.74) is -0.864. The zero-order valence-corrected chi connectivity index (χ0v) is 15.2. The van der Waals surface area contributed by atoms with E-state index >= 15 is 0 Å². The Kier molecular flexibility index (Phi) is 3.55. The van der Waals surface area contributed by atoms with Gasteiger partial charge >= 0.3 is 0 Å². The molecule has 0 aliphatic carbocycles. The van der Waals surface area contributed by atoms with Crippen molar-refractivity contribution in [1.29, 1.82) is 0 Å². The fourth-order valence-corrected chi connectivity index (χ4v) is 4.38. The van der Waals surface area contributed by atoms with Gasteiger partial charge in [-0.15, -0.1) is 0 Å². The molecule has 0 bridgehead atoms. The van der Waals surface area contributed by atoms with Gasteiger partial charge in [0, 0.05) is 43.4 Å². The van der Waals surface area contributed by atoms with Gasteiger partial charge in [0.2, 0.25) is 10.0 Å². The summed E-state index contributed by atoms with van der Waals surface area (Å²) in [4.78, 5) is 2.84. The van der Waals surface area contributed by atoms with Crippen LogP contribution in [0.4, 0.5) is 13.2 Å². The Morgan fingerprint density at radius 2 is 2.00 bits per heavy atom. The normalized spacial score (nSPS) is 22.8. The first-order valence-electron chi connectivity index (χ1n) is 10.1. The molecule has 0 saturated carbocycles. The second-order valence-electron chi connectivity index (χ2n) is 6.15. The Labute approximate surface area is 164 Å². The van der Waals surface area contributed by atoms with Crippen molar-refractivity contribution in [2.24, 2.45) is 7.05 Å². The van der Waals surface area contributed by atoms with Crippen LogP contribution in [0.3, 0.4) is 0 Å². The molecule has 8 nitrogen and oxygen atoms in total.